The van der Waals surface area contributed by atoms with Crippen LogP contribution in [0.1, 0.15) is 6.92 Å². The summed E-state index contributed by atoms with van der Waals surface area (Å²) in [5.74, 6) is 0.579. The van der Waals surface area contributed by atoms with Gasteiger partial charge in [-0.15, -0.1) is 0 Å². The monoisotopic (exact) mass is 217 g/mol. The summed E-state index contributed by atoms with van der Waals surface area (Å²) in [6, 6.07) is 6.69. The Hall–Kier alpha value is -2.17. The molecule has 0 fully saturated rings. The van der Waals surface area contributed by atoms with Gasteiger partial charge in [0, 0.05) is 23.9 Å². The predicted molar refractivity (Wildman–Crippen MR) is 59.3 cm³/mol. The van der Waals surface area contributed by atoms with Gasteiger partial charge in [-0.2, -0.15) is 5.10 Å². The number of nitrogens with one attached hydrogen (secondary N) is 1. The summed E-state index contributed by atoms with van der Waals surface area (Å²) < 4.78 is 5.23. The quantitative estimate of drug-likeness (QED) is 0.839. The molecule has 0 aliphatic heterocycles. The molecule has 2 aromatic heterocycles. The minimum Gasteiger partial charge on any atom is -0.478 e. The van der Waals surface area contributed by atoms with Crippen LogP contribution in [0.3, 0.4) is 0 Å². The van der Waals surface area contributed by atoms with E-state index in [0.717, 1.165) is 5.56 Å². The Morgan fingerprint density at radius 2 is 2.19 bits per heavy atom. The zero-order chi connectivity index (χ0) is 11.4. The summed E-state index contributed by atoms with van der Waals surface area (Å²) in [5, 5.41) is 6.28. The molecule has 2 rings (SSSR count). The van der Waals surface area contributed by atoms with Crippen LogP contribution in [0.2, 0.25) is 0 Å². The third kappa shape index (κ3) is 2.25. The number of H-pyrrole nitrogens is 1. The molecule has 0 bridgehead atoms. The molecule has 2 heterocycles. The second-order valence-corrected chi connectivity index (χ2v) is 3.12. The van der Waals surface area contributed by atoms with Gasteiger partial charge in [0.1, 0.15) is 0 Å². The molecule has 0 atom stereocenters. The van der Waals surface area contributed by atoms with E-state index in [1.807, 2.05) is 13.0 Å². The highest BCUT2D eigenvalue weighted by Crippen LogP contribution is 2.16. The van der Waals surface area contributed by atoms with Crippen molar-refractivity contribution in [1.29, 1.82) is 0 Å². The highest BCUT2D eigenvalue weighted by molar-refractivity contribution is 5.57. The van der Waals surface area contributed by atoms with Crippen LogP contribution in [0.4, 0.5) is 0 Å². The molecule has 0 spiro atoms. The molecule has 1 N–H and O–H groups in total. The molecule has 0 unspecified atom stereocenters. The number of aromatic amines is 1. The second-order valence-electron chi connectivity index (χ2n) is 3.12. The largest absolute Gasteiger partial charge is 0.478 e. The van der Waals surface area contributed by atoms with Crippen molar-refractivity contribution in [2.75, 3.05) is 6.61 Å². The molecule has 0 saturated heterocycles. The average Bonchev–Trinajstić information content (AvgIpc) is 2.32. The molecule has 0 aliphatic rings. The zero-order valence-corrected chi connectivity index (χ0v) is 8.80. The molecule has 2 aromatic rings. The van der Waals surface area contributed by atoms with Crippen molar-refractivity contribution in [2.24, 2.45) is 0 Å². The molecular weight excluding hydrogens is 206 g/mol. The molecule has 0 aromatic carbocycles. The fourth-order valence-electron chi connectivity index (χ4n) is 1.27. The first-order valence-corrected chi connectivity index (χ1v) is 4.94. The Morgan fingerprint density at radius 3 is 2.75 bits per heavy atom. The first-order chi connectivity index (χ1) is 7.79. The van der Waals surface area contributed by atoms with E-state index in [-0.39, 0.29) is 5.56 Å². The van der Waals surface area contributed by atoms with Crippen molar-refractivity contribution in [3.8, 4) is 17.1 Å². The summed E-state index contributed by atoms with van der Waals surface area (Å²) in [6.07, 6.45) is 1.66. The van der Waals surface area contributed by atoms with E-state index in [9.17, 15) is 4.79 Å². The van der Waals surface area contributed by atoms with E-state index in [1.54, 1.807) is 18.3 Å². The summed E-state index contributed by atoms with van der Waals surface area (Å²) in [7, 11) is 0. The number of aromatic nitrogens is 3. The first-order valence-electron chi connectivity index (χ1n) is 4.94. The molecule has 0 saturated carbocycles. The van der Waals surface area contributed by atoms with Crippen LogP contribution in [0.25, 0.3) is 11.3 Å². The fraction of sp³-hybridized carbons (Fsp3) is 0.182. The summed E-state index contributed by atoms with van der Waals surface area (Å²) >= 11 is 0. The van der Waals surface area contributed by atoms with Gasteiger partial charge in [0.05, 0.1) is 12.3 Å². The molecule has 0 amide bonds. The fourth-order valence-corrected chi connectivity index (χ4v) is 1.27. The van der Waals surface area contributed by atoms with Crippen molar-refractivity contribution < 1.29 is 4.74 Å². The van der Waals surface area contributed by atoms with Gasteiger partial charge in [0.25, 0.3) is 5.56 Å². The minimum atomic E-state index is -0.220. The van der Waals surface area contributed by atoms with E-state index in [2.05, 4.69) is 15.2 Å². The first kappa shape index (κ1) is 10.4. The molecule has 16 heavy (non-hydrogen) atoms. The van der Waals surface area contributed by atoms with E-state index in [0.29, 0.717) is 18.2 Å². The minimum absolute atomic E-state index is 0.220. The van der Waals surface area contributed by atoms with Crippen LogP contribution >= 0.6 is 0 Å². The van der Waals surface area contributed by atoms with Gasteiger partial charge in [-0.3, -0.25) is 4.79 Å². The van der Waals surface area contributed by atoms with Gasteiger partial charge in [-0.1, -0.05) is 0 Å². The molecule has 0 aliphatic carbocycles. The summed E-state index contributed by atoms with van der Waals surface area (Å²) in [5.41, 5.74) is 1.29. The highest BCUT2D eigenvalue weighted by atomic mass is 16.5. The van der Waals surface area contributed by atoms with E-state index in [4.69, 9.17) is 4.74 Å². The lowest BCUT2D eigenvalue weighted by Gasteiger charge is -2.02. The topological polar surface area (TPSA) is 67.9 Å². The number of hydrogen-bond acceptors (Lipinski definition) is 4. The van der Waals surface area contributed by atoms with Crippen molar-refractivity contribution in [1.82, 2.24) is 15.2 Å². The zero-order valence-electron chi connectivity index (χ0n) is 8.80. The lowest BCUT2D eigenvalue weighted by Crippen LogP contribution is -2.05. The molecule has 5 heteroatoms. The third-order valence-corrected chi connectivity index (χ3v) is 2.00. The Morgan fingerprint density at radius 1 is 1.31 bits per heavy atom. The van der Waals surface area contributed by atoms with Crippen LogP contribution in [0.15, 0.2) is 35.3 Å². The number of hydrogen-bond donors (Lipinski definition) is 1. The average molecular weight is 217 g/mol. The third-order valence-electron chi connectivity index (χ3n) is 2.00. The summed E-state index contributed by atoms with van der Waals surface area (Å²) in [4.78, 5) is 15.0. The maximum absolute atomic E-state index is 10.8. The van der Waals surface area contributed by atoms with Crippen LogP contribution in [0.5, 0.6) is 5.88 Å². The van der Waals surface area contributed by atoms with E-state index in [1.165, 1.54) is 6.07 Å². The maximum atomic E-state index is 10.8. The van der Waals surface area contributed by atoms with Gasteiger partial charge in [0.15, 0.2) is 0 Å². The van der Waals surface area contributed by atoms with Gasteiger partial charge >= 0.3 is 0 Å². The van der Waals surface area contributed by atoms with Crippen molar-refractivity contribution in [3.63, 3.8) is 0 Å². The lowest BCUT2D eigenvalue weighted by atomic mass is 10.2. The van der Waals surface area contributed by atoms with Crippen LogP contribution in [-0.2, 0) is 0 Å². The number of ether oxygens (including phenoxy) is 1. The number of pyridine rings is 1. The van der Waals surface area contributed by atoms with Gasteiger partial charge in [-0.25, -0.2) is 10.1 Å². The van der Waals surface area contributed by atoms with Gasteiger partial charge in [-0.05, 0) is 19.1 Å². The molecular formula is C11H11N3O2. The number of nitrogens with zero attached hydrogens (tertiary/aromatic N) is 2. The Balaban J connectivity index is 2.27. The Kier molecular flexibility index (Phi) is 2.95. The van der Waals surface area contributed by atoms with Crippen molar-refractivity contribution >= 4 is 0 Å². The smallest absolute Gasteiger partial charge is 0.264 e. The summed E-state index contributed by atoms with van der Waals surface area (Å²) in [6.45, 7) is 2.49. The normalized spacial score (nSPS) is 10.1. The predicted octanol–water partition coefficient (Wildman–Crippen LogP) is 1.23. The Bertz CT molecular complexity index is 499. The van der Waals surface area contributed by atoms with Crippen molar-refractivity contribution in [3.05, 3.63) is 40.8 Å². The Labute approximate surface area is 92.1 Å². The van der Waals surface area contributed by atoms with Crippen LogP contribution in [-0.4, -0.2) is 21.8 Å². The molecule has 5 nitrogen and oxygen atoms in total. The lowest BCUT2D eigenvalue weighted by molar-refractivity contribution is 0.327. The van der Waals surface area contributed by atoms with E-state index >= 15 is 0 Å². The van der Waals surface area contributed by atoms with Crippen LogP contribution < -0.4 is 10.3 Å². The standard InChI is InChI=1S/C11H11N3O2/c1-2-16-11-6-3-8(7-12-11)9-4-5-10(15)14-13-9/h3-7H,2H2,1H3,(H,14,15). The number of rotatable bonds is 3. The molecule has 0 radical (unpaired) electrons. The maximum Gasteiger partial charge on any atom is 0.264 e. The van der Waals surface area contributed by atoms with E-state index < -0.39 is 0 Å². The SMILES string of the molecule is CCOc1ccc(-c2ccc(=O)[nH]n2)cn1. The second kappa shape index (κ2) is 4.57. The van der Waals surface area contributed by atoms with Gasteiger partial charge < -0.3 is 4.74 Å². The van der Waals surface area contributed by atoms with Crippen molar-refractivity contribution in [2.45, 2.75) is 6.92 Å². The molecule has 82 valence electrons. The van der Waals surface area contributed by atoms with Gasteiger partial charge in [0.2, 0.25) is 5.88 Å². The highest BCUT2D eigenvalue weighted by Gasteiger charge is 2.00. The van der Waals surface area contributed by atoms with Crippen LogP contribution in [0, 0.1) is 0 Å².